The Labute approximate surface area is 134 Å². The molecule has 2 rings (SSSR count). The molecule has 1 heterocycles. The van der Waals surface area contributed by atoms with Gasteiger partial charge in [-0.05, 0) is 49.4 Å². The first kappa shape index (κ1) is 16.4. The van der Waals surface area contributed by atoms with Crippen LogP contribution in [0.5, 0.6) is 5.75 Å². The zero-order valence-electron chi connectivity index (χ0n) is 12.7. The number of rotatable bonds is 7. The van der Waals surface area contributed by atoms with Gasteiger partial charge in [-0.25, -0.2) is 0 Å². The lowest BCUT2D eigenvalue weighted by Crippen LogP contribution is -2.28. The van der Waals surface area contributed by atoms with E-state index in [1.54, 1.807) is 42.5 Å². The fourth-order valence-electron chi connectivity index (χ4n) is 1.76. The Balaban J connectivity index is 1.82. The Morgan fingerprint density at radius 3 is 2.65 bits per heavy atom. The maximum absolute atomic E-state index is 11.8. The van der Waals surface area contributed by atoms with Gasteiger partial charge in [-0.15, -0.1) is 0 Å². The molecule has 0 saturated heterocycles. The maximum Gasteiger partial charge on any atom is 0.257 e. The second-order valence-corrected chi connectivity index (χ2v) is 4.60. The summed E-state index contributed by atoms with van der Waals surface area (Å²) in [5.41, 5.74) is 0.629. The molecule has 0 unspecified atom stereocenters. The van der Waals surface area contributed by atoms with Crippen LogP contribution in [0.15, 0.2) is 53.2 Å². The first-order valence-electron chi connectivity index (χ1n) is 7.19. The molecule has 120 valence electrons. The van der Waals surface area contributed by atoms with Crippen molar-refractivity contribution in [2.75, 3.05) is 18.5 Å². The second-order valence-electron chi connectivity index (χ2n) is 4.60. The first-order chi connectivity index (χ1) is 11.2. The van der Waals surface area contributed by atoms with Gasteiger partial charge in [0.2, 0.25) is 5.91 Å². The van der Waals surface area contributed by atoms with Gasteiger partial charge in [0.1, 0.15) is 11.5 Å². The minimum absolute atomic E-state index is 0.0363. The van der Waals surface area contributed by atoms with E-state index in [2.05, 4.69) is 10.6 Å². The van der Waals surface area contributed by atoms with E-state index in [1.807, 2.05) is 6.92 Å². The average molecular weight is 314 g/mol. The third-order valence-electron chi connectivity index (χ3n) is 2.81. The van der Waals surface area contributed by atoms with Gasteiger partial charge in [-0.1, -0.05) is 0 Å². The number of hydrogen-bond acceptors (Lipinski definition) is 4. The number of benzene rings is 1. The normalized spacial score (nSPS) is 10.5. The molecule has 6 heteroatoms. The van der Waals surface area contributed by atoms with Gasteiger partial charge >= 0.3 is 0 Å². The highest BCUT2D eigenvalue weighted by Gasteiger charge is 2.02. The molecule has 0 saturated carbocycles. The molecule has 23 heavy (non-hydrogen) atoms. The quantitative estimate of drug-likeness (QED) is 0.769. The van der Waals surface area contributed by atoms with E-state index < -0.39 is 0 Å². The van der Waals surface area contributed by atoms with Gasteiger partial charge in [0, 0.05) is 18.3 Å². The molecular formula is C17H18N2O4. The van der Waals surface area contributed by atoms with Crippen molar-refractivity contribution < 1.29 is 18.7 Å². The molecule has 2 aromatic rings. The predicted molar refractivity (Wildman–Crippen MR) is 87.0 cm³/mol. The van der Waals surface area contributed by atoms with Crippen LogP contribution in [0.25, 0.3) is 6.08 Å². The average Bonchev–Trinajstić information content (AvgIpc) is 3.06. The number of ether oxygens (including phenoxy) is 1. The fourth-order valence-corrected chi connectivity index (χ4v) is 1.76. The Morgan fingerprint density at radius 2 is 2.00 bits per heavy atom. The van der Waals surface area contributed by atoms with Gasteiger partial charge in [-0.3, -0.25) is 9.59 Å². The highest BCUT2D eigenvalue weighted by atomic mass is 16.5. The summed E-state index contributed by atoms with van der Waals surface area (Å²) in [6, 6.07) is 10.3. The van der Waals surface area contributed by atoms with Gasteiger partial charge in [0.05, 0.1) is 6.26 Å². The molecule has 0 aliphatic heterocycles. The smallest absolute Gasteiger partial charge is 0.257 e. The van der Waals surface area contributed by atoms with Crippen LogP contribution >= 0.6 is 0 Å². The highest BCUT2D eigenvalue weighted by molar-refractivity contribution is 6.01. The van der Waals surface area contributed by atoms with Crippen LogP contribution < -0.4 is 15.4 Å². The lowest BCUT2D eigenvalue weighted by atomic mass is 10.3. The summed E-state index contributed by atoms with van der Waals surface area (Å²) >= 11 is 0. The Morgan fingerprint density at radius 1 is 1.22 bits per heavy atom. The van der Waals surface area contributed by atoms with Crippen LogP contribution in [0, 0.1) is 0 Å². The summed E-state index contributed by atoms with van der Waals surface area (Å²) in [6.45, 7) is 2.37. The van der Waals surface area contributed by atoms with E-state index in [0.29, 0.717) is 23.7 Å². The van der Waals surface area contributed by atoms with Crippen molar-refractivity contribution >= 4 is 23.6 Å². The van der Waals surface area contributed by atoms with Crippen LogP contribution in [-0.2, 0) is 9.59 Å². The van der Waals surface area contributed by atoms with Crippen molar-refractivity contribution in [1.29, 1.82) is 0 Å². The van der Waals surface area contributed by atoms with Gasteiger partial charge in [0.15, 0.2) is 6.61 Å². The van der Waals surface area contributed by atoms with E-state index in [4.69, 9.17) is 9.15 Å². The third kappa shape index (κ3) is 5.70. The van der Waals surface area contributed by atoms with Crippen LogP contribution in [0.1, 0.15) is 12.7 Å². The van der Waals surface area contributed by atoms with E-state index in [-0.39, 0.29) is 18.4 Å². The number of furan rings is 1. The number of hydrogen-bond donors (Lipinski definition) is 2. The van der Waals surface area contributed by atoms with E-state index in [1.165, 1.54) is 12.3 Å². The topological polar surface area (TPSA) is 80.6 Å². The van der Waals surface area contributed by atoms with Crippen LogP contribution in [0.3, 0.4) is 0 Å². The molecule has 0 bridgehead atoms. The Kier molecular flexibility index (Phi) is 5.99. The number of amides is 2. The number of likely N-dealkylation sites (N-methyl/N-ethyl adjacent to an activating group) is 1. The summed E-state index contributed by atoms with van der Waals surface area (Å²) in [7, 11) is 0. The van der Waals surface area contributed by atoms with Crippen molar-refractivity contribution in [2.45, 2.75) is 6.92 Å². The number of nitrogens with one attached hydrogen (secondary N) is 2. The second kappa shape index (κ2) is 8.43. The number of carbonyl (C=O) groups is 2. The number of carbonyl (C=O) groups excluding carboxylic acids is 2. The lowest BCUT2D eigenvalue weighted by Gasteiger charge is -2.07. The molecular weight excluding hydrogens is 296 g/mol. The van der Waals surface area contributed by atoms with Gasteiger partial charge < -0.3 is 19.8 Å². The summed E-state index contributed by atoms with van der Waals surface area (Å²) in [6.07, 6.45) is 4.51. The maximum atomic E-state index is 11.8. The molecule has 2 amide bonds. The summed E-state index contributed by atoms with van der Waals surface area (Å²) in [4.78, 5) is 23.0. The zero-order chi connectivity index (χ0) is 16.5. The minimum Gasteiger partial charge on any atom is -0.484 e. The molecule has 0 spiro atoms. The van der Waals surface area contributed by atoms with Crippen molar-refractivity contribution in [2.24, 2.45) is 0 Å². The molecule has 0 radical (unpaired) electrons. The van der Waals surface area contributed by atoms with E-state index in [0.717, 1.165) is 0 Å². The summed E-state index contributed by atoms with van der Waals surface area (Å²) in [5.74, 6) is 0.722. The molecule has 0 atom stereocenters. The van der Waals surface area contributed by atoms with Crippen molar-refractivity contribution in [1.82, 2.24) is 5.32 Å². The SMILES string of the molecule is CCNC(=O)COc1ccc(NC(=O)/C=C/c2ccco2)cc1. The van der Waals surface area contributed by atoms with E-state index >= 15 is 0 Å². The van der Waals surface area contributed by atoms with Gasteiger partial charge in [-0.2, -0.15) is 0 Å². The molecule has 0 fully saturated rings. The van der Waals surface area contributed by atoms with Crippen molar-refractivity contribution in [3.8, 4) is 5.75 Å². The van der Waals surface area contributed by atoms with Crippen molar-refractivity contribution in [3.63, 3.8) is 0 Å². The molecule has 6 nitrogen and oxygen atoms in total. The van der Waals surface area contributed by atoms with Crippen LogP contribution in [-0.4, -0.2) is 25.0 Å². The summed E-state index contributed by atoms with van der Waals surface area (Å²) in [5, 5.41) is 5.36. The third-order valence-corrected chi connectivity index (χ3v) is 2.81. The molecule has 1 aromatic carbocycles. The monoisotopic (exact) mass is 314 g/mol. The largest absolute Gasteiger partial charge is 0.484 e. The standard InChI is InChI=1S/C17H18N2O4/c1-2-18-17(21)12-23-15-7-5-13(6-8-15)19-16(20)10-9-14-4-3-11-22-14/h3-11H,2,12H2,1H3,(H,18,21)(H,19,20)/b10-9+. The zero-order valence-corrected chi connectivity index (χ0v) is 12.7. The predicted octanol–water partition coefficient (Wildman–Crippen LogP) is 2.45. The first-order valence-corrected chi connectivity index (χ1v) is 7.19. The number of anilines is 1. The van der Waals surface area contributed by atoms with E-state index in [9.17, 15) is 9.59 Å². The molecule has 1 aromatic heterocycles. The highest BCUT2D eigenvalue weighted by Crippen LogP contribution is 2.15. The molecule has 0 aliphatic carbocycles. The van der Waals surface area contributed by atoms with Crippen LogP contribution in [0.4, 0.5) is 5.69 Å². The lowest BCUT2D eigenvalue weighted by molar-refractivity contribution is -0.123. The minimum atomic E-state index is -0.266. The van der Waals surface area contributed by atoms with Crippen molar-refractivity contribution in [3.05, 3.63) is 54.5 Å². The molecule has 0 aliphatic rings. The summed E-state index contributed by atoms with van der Waals surface area (Å²) < 4.78 is 10.4. The van der Waals surface area contributed by atoms with Gasteiger partial charge in [0.25, 0.3) is 5.91 Å². The van der Waals surface area contributed by atoms with Crippen LogP contribution in [0.2, 0.25) is 0 Å². The Hall–Kier alpha value is -3.02. The Bertz CT molecular complexity index is 660. The fraction of sp³-hybridized carbons (Fsp3) is 0.176. The molecule has 2 N–H and O–H groups in total.